The van der Waals surface area contributed by atoms with Crippen molar-refractivity contribution >= 4 is 0 Å². The molecule has 0 amide bonds. The first kappa shape index (κ1) is 32.2. The lowest BCUT2D eigenvalue weighted by Crippen LogP contribution is -2.38. The van der Waals surface area contributed by atoms with E-state index in [-0.39, 0.29) is 5.41 Å². The van der Waals surface area contributed by atoms with E-state index in [0.29, 0.717) is 28.6 Å². The first-order valence-corrected chi connectivity index (χ1v) is 17.8. The number of nitrogens with zero attached hydrogens (tertiary/aromatic N) is 6. The van der Waals surface area contributed by atoms with Crippen LogP contribution in [0, 0.1) is 40.4 Å². The normalized spacial score (nSPS) is 21.0. The van der Waals surface area contributed by atoms with Crippen LogP contribution in [0.4, 0.5) is 0 Å². The molecule has 0 spiro atoms. The Bertz CT molecular complexity index is 2280. The number of aromatic nitrogens is 4. The summed E-state index contributed by atoms with van der Waals surface area (Å²) in [4.78, 5) is 18.9. The Labute approximate surface area is 299 Å². The van der Waals surface area contributed by atoms with Gasteiger partial charge in [0.05, 0.1) is 17.2 Å². The smallest absolute Gasteiger partial charge is 0.164 e. The molecule has 0 saturated heterocycles. The number of nitriles is 2. The van der Waals surface area contributed by atoms with Crippen molar-refractivity contribution in [3.63, 3.8) is 0 Å². The largest absolute Gasteiger partial charge is 0.263 e. The highest BCUT2D eigenvalue weighted by Crippen LogP contribution is 2.51. The van der Waals surface area contributed by atoms with Gasteiger partial charge in [0.2, 0.25) is 0 Å². The maximum atomic E-state index is 9.59. The van der Waals surface area contributed by atoms with E-state index in [1.807, 2.05) is 48.5 Å². The van der Waals surface area contributed by atoms with Crippen LogP contribution in [0.5, 0.6) is 0 Å². The van der Waals surface area contributed by atoms with Gasteiger partial charge in [-0.2, -0.15) is 10.5 Å². The lowest BCUT2D eigenvalue weighted by atomic mass is 9.57. The molecule has 2 aliphatic rings. The molecule has 4 atom stereocenters. The van der Waals surface area contributed by atoms with E-state index in [0.717, 1.165) is 51.1 Å². The summed E-state index contributed by atoms with van der Waals surface area (Å²) < 4.78 is 0. The van der Waals surface area contributed by atoms with Gasteiger partial charge in [0.25, 0.3) is 0 Å². The van der Waals surface area contributed by atoms with E-state index in [1.54, 1.807) is 24.5 Å². The number of hydrogen-bond donors (Lipinski definition) is 0. The Morgan fingerprint density at radius 3 is 1.80 bits per heavy atom. The van der Waals surface area contributed by atoms with E-state index in [1.165, 1.54) is 43.2 Å². The fourth-order valence-electron chi connectivity index (χ4n) is 8.72. The highest BCUT2D eigenvalue weighted by Gasteiger charge is 2.41. The summed E-state index contributed by atoms with van der Waals surface area (Å²) in [7, 11) is 0. The molecular weight excluding hydrogens is 625 g/mol. The maximum absolute atomic E-state index is 9.59. The van der Waals surface area contributed by atoms with Crippen LogP contribution in [0.25, 0.3) is 56.4 Å². The van der Waals surface area contributed by atoms with Gasteiger partial charge >= 0.3 is 0 Å². The quantitative estimate of drug-likeness (QED) is 0.176. The zero-order valence-electron chi connectivity index (χ0n) is 28.9. The van der Waals surface area contributed by atoms with E-state index in [9.17, 15) is 10.5 Å². The van der Waals surface area contributed by atoms with Crippen molar-refractivity contribution in [2.45, 2.75) is 51.4 Å². The molecule has 4 aromatic carbocycles. The summed E-state index contributed by atoms with van der Waals surface area (Å²) in [5.74, 6) is 4.20. The Morgan fingerprint density at radius 2 is 1.18 bits per heavy atom. The monoisotopic (exact) mass is 662 g/mol. The molecule has 2 saturated carbocycles. The molecule has 2 bridgehead atoms. The van der Waals surface area contributed by atoms with Gasteiger partial charge in [0.1, 0.15) is 6.07 Å². The second-order valence-electron chi connectivity index (χ2n) is 14.8. The standard InChI is InChI=1S/C45H38N6/c1-29-20-31-22-32(21-29)25-45(2,24-31)40-16-14-33(15-17-40)37-4-3-5-38(23-37)44-50-42(35-8-6-30(26-46)7-9-35)49-43(51-44)36-12-10-34(11-13-36)41-18-19-48-28-39(41)27-47/h3-19,23,28-29,31-32H,20-22,24-25H2,1-2H3/t29-,31+,32-,45?. The summed E-state index contributed by atoms with van der Waals surface area (Å²) in [6.07, 6.45) is 10.0. The average molecular weight is 663 g/mol. The summed E-state index contributed by atoms with van der Waals surface area (Å²) in [6.45, 7) is 4.92. The van der Waals surface area contributed by atoms with Gasteiger partial charge in [-0.25, -0.2) is 15.0 Å². The molecule has 6 nitrogen and oxygen atoms in total. The molecule has 2 heterocycles. The molecule has 2 aliphatic carbocycles. The third kappa shape index (κ3) is 6.54. The molecule has 0 aliphatic heterocycles. The minimum Gasteiger partial charge on any atom is -0.263 e. The van der Waals surface area contributed by atoms with Crippen molar-refractivity contribution in [3.8, 4) is 68.6 Å². The average Bonchev–Trinajstić information content (AvgIpc) is 3.17. The number of benzene rings is 4. The zero-order chi connectivity index (χ0) is 35.0. The molecular formula is C45H38N6. The molecule has 248 valence electrons. The Morgan fingerprint density at radius 1 is 0.608 bits per heavy atom. The molecule has 6 aromatic rings. The van der Waals surface area contributed by atoms with Crippen LogP contribution in [0.1, 0.15) is 62.6 Å². The number of hydrogen-bond acceptors (Lipinski definition) is 6. The van der Waals surface area contributed by atoms with Crippen molar-refractivity contribution in [1.29, 1.82) is 10.5 Å². The van der Waals surface area contributed by atoms with E-state index >= 15 is 0 Å². The molecule has 8 rings (SSSR count). The van der Waals surface area contributed by atoms with Crippen molar-refractivity contribution in [1.82, 2.24) is 19.9 Å². The molecule has 0 N–H and O–H groups in total. The molecule has 51 heavy (non-hydrogen) atoms. The molecule has 6 heteroatoms. The summed E-state index contributed by atoms with van der Waals surface area (Å²) in [5, 5.41) is 19.0. The van der Waals surface area contributed by atoms with Crippen LogP contribution < -0.4 is 0 Å². The van der Waals surface area contributed by atoms with Crippen LogP contribution in [-0.2, 0) is 5.41 Å². The second-order valence-corrected chi connectivity index (χ2v) is 14.8. The third-order valence-electron chi connectivity index (χ3n) is 11.0. The molecule has 2 fully saturated rings. The third-order valence-corrected chi connectivity index (χ3v) is 11.0. The van der Waals surface area contributed by atoms with Crippen molar-refractivity contribution < 1.29 is 0 Å². The van der Waals surface area contributed by atoms with Gasteiger partial charge in [-0.1, -0.05) is 80.6 Å². The molecule has 2 aromatic heterocycles. The first-order valence-electron chi connectivity index (χ1n) is 17.8. The van der Waals surface area contributed by atoms with Crippen LogP contribution >= 0.6 is 0 Å². The van der Waals surface area contributed by atoms with Crippen molar-refractivity contribution in [2.75, 3.05) is 0 Å². The number of rotatable bonds is 6. The van der Waals surface area contributed by atoms with E-state index in [4.69, 9.17) is 15.0 Å². The SMILES string of the molecule is C[C@H]1C[C@@H]2C[C@H](C1)CC(C)(c1ccc(-c3cccc(-c4nc(-c5ccc(C#N)cc5)nc(-c5ccc(-c6ccncc6C#N)cc5)n4)c3)cc1)C2. The maximum Gasteiger partial charge on any atom is 0.164 e. The molecule has 1 unspecified atom stereocenters. The van der Waals surface area contributed by atoms with Gasteiger partial charge in [-0.15, -0.1) is 0 Å². The van der Waals surface area contributed by atoms with E-state index < -0.39 is 0 Å². The lowest BCUT2D eigenvalue weighted by molar-refractivity contribution is 0.0899. The topological polar surface area (TPSA) is 99.1 Å². The van der Waals surface area contributed by atoms with Gasteiger partial charge in [0, 0.05) is 34.6 Å². The summed E-state index contributed by atoms with van der Waals surface area (Å²) in [6, 6.07) is 39.1. The number of pyridine rings is 1. The first-order chi connectivity index (χ1) is 24.9. The van der Waals surface area contributed by atoms with Crippen LogP contribution in [-0.4, -0.2) is 19.9 Å². The van der Waals surface area contributed by atoms with E-state index in [2.05, 4.69) is 73.4 Å². The minimum atomic E-state index is 0.242. The Hall–Kier alpha value is -5.98. The fourth-order valence-corrected chi connectivity index (χ4v) is 8.72. The summed E-state index contributed by atoms with van der Waals surface area (Å²) >= 11 is 0. The zero-order valence-corrected chi connectivity index (χ0v) is 28.9. The predicted molar refractivity (Wildman–Crippen MR) is 201 cm³/mol. The van der Waals surface area contributed by atoms with Gasteiger partial charge in [-0.05, 0) is 114 Å². The fraction of sp³-hybridized carbons (Fsp3) is 0.244. The van der Waals surface area contributed by atoms with Crippen molar-refractivity contribution in [3.05, 3.63) is 132 Å². The Kier molecular flexibility index (Phi) is 8.46. The van der Waals surface area contributed by atoms with Crippen LogP contribution in [0.15, 0.2) is 116 Å². The Balaban J connectivity index is 1.13. The van der Waals surface area contributed by atoms with Gasteiger partial charge in [-0.3, -0.25) is 4.98 Å². The minimum absolute atomic E-state index is 0.242. The van der Waals surface area contributed by atoms with Crippen LogP contribution in [0.3, 0.4) is 0 Å². The van der Waals surface area contributed by atoms with Gasteiger partial charge in [0.15, 0.2) is 17.5 Å². The number of fused-ring (bicyclic) bond motifs is 2. The second kappa shape index (κ2) is 13.4. The highest BCUT2D eigenvalue weighted by atomic mass is 15.0. The summed E-state index contributed by atoms with van der Waals surface area (Å²) in [5.41, 5.74) is 9.31. The van der Waals surface area contributed by atoms with Gasteiger partial charge < -0.3 is 0 Å². The molecule has 0 radical (unpaired) electrons. The highest BCUT2D eigenvalue weighted by molar-refractivity contribution is 5.75. The van der Waals surface area contributed by atoms with Crippen molar-refractivity contribution in [2.24, 2.45) is 17.8 Å². The predicted octanol–water partition coefficient (Wildman–Crippen LogP) is 10.4. The van der Waals surface area contributed by atoms with Crippen LogP contribution in [0.2, 0.25) is 0 Å². The lowest BCUT2D eigenvalue weighted by Gasteiger charge is -2.47.